The normalized spacial score (nSPS) is 20.1. The first-order valence-electron chi connectivity index (χ1n) is 16.7. The molecule has 0 saturated carbocycles. The first-order valence-corrected chi connectivity index (χ1v) is 17.4. The van der Waals surface area contributed by atoms with Crippen molar-refractivity contribution >= 4 is 45.5 Å². The SMILES string of the molecule is COc1nc(-c2cccc(-c3cccc(Nc4nc(C(F)(F)F)cc5cnn(C)c(=O)c45)c3Cl)c2Cl)cc2c1C(N1CCC3(CC[N+](=O)N3)C1)CC2. The van der Waals surface area contributed by atoms with Gasteiger partial charge in [0.2, 0.25) is 12.4 Å². The van der Waals surface area contributed by atoms with Gasteiger partial charge in [-0.3, -0.25) is 9.69 Å². The quantitative estimate of drug-likeness (QED) is 0.173. The third-order valence-electron chi connectivity index (χ3n) is 10.3. The number of hydrogen-bond acceptors (Lipinski definition) is 8. The third kappa shape index (κ3) is 5.82. The number of halogens is 5. The summed E-state index contributed by atoms with van der Waals surface area (Å²) in [7, 11) is 3.00. The highest BCUT2D eigenvalue weighted by Crippen LogP contribution is 2.47. The third-order valence-corrected chi connectivity index (χ3v) is 11.2. The Kier molecular flexibility index (Phi) is 8.38. The number of nitroso groups, excluding NO2 is 1. The predicted octanol–water partition coefficient (Wildman–Crippen LogP) is 7.25. The van der Waals surface area contributed by atoms with Crippen LogP contribution in [0.25, 0.3) is 33.2 Å². The fourth-order valence-electron chi connectivity index (χ4n) is 7.79. The number of aryl methyl sites for hydroxylation is 2. The topological polar surface area (TPSA) is 117 Å². The van der Waals surface area contributed by atoms with Crippen molar-refractivity contribution in [1.29, 1.82) is 0 Å². The number of rotatable bonds is 6. The fourth-order valence-corrected chi connectivity index (χ4v) is 8.39. The number of methoxy groups -OCH3 is 1. The molecular weight excluding hydrogens is 720 g/mol. The summed E-state index contributed by atoms with van der Waals surface area (Å²) in [5.41, 5.74) is 5.83. The van der Waals surface area contributed by atoms with Gasteiger partial charge in [0.1, 0.15) is 21.9 Å². The van der Waals surface area contributed by atoms with Gasteiger partial charge in [-0.05, 0) is 43.0 Å². The maximum absolute atomic E-state index is 13.8. The molecule has 0 radical (unpaired) electrons. The van der Waals surface area contributed by atoms with Crippen molar-refractivity contribution in [2.24, 2.45) is 7.05 Å². The van der Waals surface area contributed by atoms with E-state index in [1.54, 1.807) is 31.4 Å². The average molecular weight is 753 g/mol. The summed E-state index contributed by atoms with van der Waals surface area (Å²) in [6.45, 7) is 2.13. The van der Waals surface area contributed by atoms with E-state index in [1.165, 1.54) is 13.2 Å². The zero-order valence-corrected chi connectivity index (χ0v) is 29.5. The maximum atomic E-state index is 13.8. The van der Waals surface area contributed by atoms with Crippen LogP contribution in [0.4, 0.5) is 24.7 Å². The van der Waals surface area contributed by atoms with Gasteiger partial charge in [0.25, 0.3) is 5.56 Å². The molecule has 3 aliphatic rings. The molecule has 2 N–H and O–H groups in total. The Morgan fingerprint density at radius 2 is 1.81 bits per heavy atom. The highest BCUT2D eigenvalue weighted by Gasteiger charge is 2.50. The molecule has 3 aromatic heterocycles. The van der Waals surface area contributed by atoms with Crippen molar-refractivity contribution in [3.63, 3.8) is 0 Å². The molecule has 5 aromatic rings. The van der Waals surface area contributed by atoms with Crippen molar-refractivity contribution in [2.75, 3.05) is 32.1 Å². The summed E-state index contributed by atoms with van der Waals surface area (Å²) < 4.78 is 48.3. The van der Waals surface area contributed by atoms with E-state index < -0.39 is 17.4 Å². The number of fused-ring (bicyclic) bond motifs is 2. The number of likely N-dealkylation sites (tertiary alicyclic amines) is 1. The smallest absolute Gasteiger partial charge is 0.433 e. The Hall–Kier alpha value is -4.79. The van der Waals surface area contributed by atoms with Crippen LogP contribution in [0.15, 0.2) is 59.5 Å². The fraction of sp³-hybridized carbons (Fsp3) is 0.333. The van der Waals surface area contributed by atoms with E-state index in [9.17, 15) is 22.9 Å². The summed E-state index contributed by atoms with van der Waals surface area (Å²) in [6, 6.07) is 13.4. The number of ether oxygens (including phenoxy) is 1. The molecule has 1 aliphatic carbocycles. The number of aromatic nitrogens is 4. The number of alkyl halides is 3. The van der Waals surface area contributed by atoms with Crippen LogP contribution in [-0.2, 0) is 19.6 Å². The molecule has 2 aliphatic heterocycles. The minimum atomic E-state index is -4.77. The molecule has 0 amide bonds. The molecule has 8 rings (SSSR count). The number of nitrogens with zero attached hydrogens (tertiary/aromatic N) is 6. The second-order valence-electron chi connectivity index (χ2n) is 13.5. The van der Waals surface area contributed by atoms with E-state index in [0.29, 0.717) is 39.8 Å². The molecule has 2 fully saturated rings. The minimum absolute atomic E-state index is 0.0229. The lowest BCUT2D eigenvalue weighted by atomic mass is 9.97. The largest absolute Gasteiger partial charge is 0.481 e. The van der Waals surface area contributed by atoms with E-state index in [4.69, 9.17) is 32.9 Å². The molecule has 268 valence electrons. The van der Waals surface area contributed by atoms with Crippen molar-refractivity contribution < 1.29 is 22.8 Å². The monoisotopic (exact) mass is 751 g/mol. The number of nitrogens with one attached hydrogen (secondary N) is 2. The first kappa shape index (κ1) is 34.3. The van der Waals surface area contributed by atoms with Crippen molar-refractivity contribution in [1.82, 2.24) is 30.1 Å². The van der Waals surface area contributed by atoms with E-state index in [-0.39, 0.29) is 38.9 Å². The van der Waals surface area contributed by atoms with Gasteiger partial charge in [0.15, 0.2) is 0 Å². The van der Waals surface area contributed by atoms with Gasteiger partial charge in [-0.1, -0.05) is 53.5 Å². The number of anilines is 2. The standard InChI is InChI=1S/C36H31Cl2F3N8O3/c1-47-34(50)29-20(17-42-47)16-27(36(39,40)41)45-32(29)43-24-8-4-6-22(31(24)38)21-5-3-7-23(30(21)37)25-15-19-9-10-26(28(19)33(44-25)52-2)48-13-11-35(18-48)12-14-49(51)46-35/h3-8,15-17,26H,9-14,18H2,1-2H3,(H-,43,45,46,50,51)/p+1. The first-order chi connectivity index (χ1) is 24.9. The minimum Gasteiger partial charge on any atom is -0.481 e. The lowest BCUT2D eigenvalue weighted by molar-refractivity contribution is -0.592. The zero-order valence-electron chi connectivity index (χ0n) is 28.0. The summed E-state index contributed by atoms with van der Waals surface area (Å²) >= 11 is 14.1. The van der Waals surface area contributed by atoms with Gasteiger partial charge in [-0.15, -0.1) is 5.43 Å². The molecular formula is C36H32Cl2F3N8O3+. The Morgan fingerprint density at radius 3 is 2.54 bits per heavy atom. The molecule has 2 atom stereocenters. The van der Waals surface area contributed by atoms with E-state index in [2.05, 4.69) is 25.7 Å². The van der Waals surface area contributed by atoms with Crippen molar-refractivity contribution in [2.45, 2.75) is 43.4 Å². The summed E-state index contributed by atoms with van der Waals surface area (Å²) in [6.07, 6.45) is -0.153. The lowest BCUT2D eigenvalue weighted by Gasteiger charge is -2.27. The van der Waals surface area contributed by atoms with Gasteiger partial charge >= 0.3 is 6.18 Å². The second-order valence-corrected chi connectivity index (χ2v) is 14.2. The van der Waals surface area contributed by atoms with Crippen LogP contribution in [0.5, 0.6) is 5.88 Å². The van der Waals surface area contributed by atoms with Crippen LogP contribution in [0.2, 0.25) is 10.0 Å². The molecule has 52 heavy (non-hydrogen) atoms. The van der Waals surface area contributed by atoms with Crippen molar-refractivity contribution in [3.05, 3.63) is 96.9 Å². The Balaban J connectivity index is 1.14. The molecule has 2 unspecified atom stereocenters. The molecule has 2 aromatic carbocycles. The summed E-state index contributed by atoms with van der Waals surface area (Å²) in [5, 5.41) is 7.18. The molecule has 2 saturated heterocycles. The van der Waals surface area contributed by atoms with Gasteiger partial charge in [0, 0.05) is 60.2 Å². The Bertz CT molecular complexity index is 2350. The van der Waals surface area contributed by atoms with Gasteiger partial charge < -0.3 is 10.1 Å². The van der Waals surface area contributed by atoms with Crippen LogP contribution in [-0.4, -0.2) is 61.8 Å². The highest BCUT2D eigenvalue weighted by atomic mass is 35.5. The van der Waals surface area contributed by atoms with Gasteiger partial charge in [0.05, 0.1) is 45.0 Å². The van der Waals surface area contributed by atoms with E-state index in [0.717, 1.165) is 65.5 Å². The zero-order chi connectivity index (χ0) is 36.5. The molecule has 11 nitrogen and oxygen atoms in total. The van der Waals surface area contributed by atoms with Crippen LogP contribution < -0.4 is 21.0 Å². The molecule has 16 heteroatoms. The van der Waals surface area contributed by atoms with E-state index >= 15 is 0 Å². The maximum Gasteiger partial charge on any atom is 0.433 e. The lowest BCUT2D eigenvalue weighted by Crippen LogP contribution is -2.44. The second kappa shape index (κ2) is 12.7. The number of pyridine rings is 2. The predicted molar refractivity (Wildman–Crippen MR) is 191 cm³/mol. The Morgan fingerprint density at radius 1 is 1.06 bits per heavy atom. The van der Waals surface area contributed by atoms with Crippen LogP contribution >= 0.6 is 23.2 Å². The van der Waals surface area contributed by atoms with Crippen LogP contribution in [0.1, 0.15) is 42.1 Å². The van der Waals surface area contributed by atoms with Gasteiger partial charge in [-0.2, -0.15) is 18.3 Å². The number of hydrazine groups is 1. The van der Waals surface area contributed by atoms with Crippen molar-refractivity contribution in [3.8, 4) is 28.3 Å². The molecule has 0 bridgehead atoms. The number of hydrogen-bond donors (Lipinski definition) is 2. The number of benzene rings is 2. The summed E-state index contributed by atoms with van der Waals surface area (Å²) in [5.74, 6) is 0.212. The van der Waals surface area contributed by atoms with Crippen LogP contribution in [0.3, 0.4) is 0 Å². The summed E-state index contributed by atoms with van der Waals surface area (Å²) in [4.78, 5) is 37.0. The average Bonchev–Trinajstić information content (AvgIpc) is 3.84. The van der Waals surface area contributed by atoms with E-state index in [1.807, 2.05) is 18.2 Å². The van der Waals surface area contributed by atoms with Crippen LogP contribution in [0, 0.1) is 4.91 Å². The van der Waals surface area contributed by atoms with Gasteiger partial charge in [-0.25, -0.2) is 14.6 Å². The molecule has 1 spiro atoms. The highest BCUT2D eigenvalue weighted by molar-refractivity contribution is 6.39. The Labute approximate surface area is 305 Å². The molecule has 5 heterocycles.